The van der Waals surface area contributed by atoms with Gasteiger partial charge in [0.05, 0.1) is 0 Å². The summed E-state index contributed by atoms with van der Waals surface area (Å²) >= 11 is 0.750. The molecule has 1 N–H and O–H groups in total. The molecule has 0 amide bonds. The van der Waals surface area contributed by atoms with E-state index in [1.807, 2.05) is 0 Å². The van der Waals surface area contributed by atoms with Gasteiger partial charge in [-0.2, -0.15) is 0 Å². The maximum atomic E-state index is 9.37. The van der Waals surface area contributed by atoms with Gasteiger partial charge in [0.15, 0.2) is 0 Å². The molecule has 0 saturated heterocycles. The topological polar surface area (TPSA) is 54.4 Å². The van der Waals surface area contributed by atoms with Gasteiger partial charge in [-0.15, -0.1) is 0 Å². The second-order valence-corrected chi connectivity index (χ2v) is 0.747. The van der Waals surface area contributed by atoms with Crippen LogP contribution in [-0.4, -0.2) is 11.1 Å². The summed E-state index contributed by atoms with van der Waals surface area (Å²) in [5.41, 5.74) is 0. The van der Waals surface area contributed by atoms with Crippen LogP contribution in [0, 0.1) is 0 Å². The second-order valence-electron chi connectivity index (χ2n) is 0.747. The summed E-state index contributed by atoms with van der Waals surface area (Å²) in [5, 5.41) is 7.72. The van der Waals surface area contributed by atoms with Gasteiger partial charge in [-0.25, -0.2) is 0 Å². The van der Waals surface area contributed by atoms with Crippen molar-refractivity contribution in [1.82, 2.24) is 0 Å². The molecular weight excluding hydrogens is 276 g/mol. The van der Waals surface area contributed by atoms with Crippen molar-refractivity contribution in [3.63, 3.8) is 0 Å². The van der Waals surface area contributed by atoms with Gasteiger partial charge in [-0.1, -0.05) is 6.92 Å². The summed E-state index contributed by atoms with van der Waals surface area (Å²) < 4.78 is 8.25. The minimum absolute atomic E-state index is 0.222. The fourth-order valence-corrected chi connectivity index (χ4v) is 0. The molecular formula is C3H6IrO3. The Morgan fingerprint density at radius 1 is 1.71 bits per heavy atom. The molecule has 4 heteroatoms. The van der Waals surface area contributed by atoms with E-state index in [-0.39, 0.29) is 6.42 Å². The molecule has 3 nitrogen and oxygen atoms in total. The van der Waals surface area contributed by atoms with Gasteiger partial charge in [-0.3, -0.25) is 4.79 Å². The third-order valence-corrected chi connectivity index (χ3v) is 0.302. The van der Waals surface area contributed by atoms with E-state index in [1.165, 1.54) is 0 Å². The van der Waals surface area contributed by atoms with E-state index < -0.39 is 5.97 Å². The van der Waals surface area contributed by atoms with Crippen LogP contribution in [0.15, 0.2) is 0 Å². The maximum absolute atomic E-state index is 9.37. The number of carboxylic acids is 1. The van der Waals surface area contributed by atoms with E-state index in [4.69, 9.17) is 8.61 Å². The van der Waals surface area contributed by atoms with Crippen molar-refractivity contribution in [2.24, 2.45) is 0 Å². The molecule has 0 saturated carbocycles. The summed E-state index contributed by atoms with van der Waals surface area (Å²) in [4.78, 5) is 9.37. The van der Waals surface area contributed by atoms with Crippen molar-refractivity contribution in [3.8, 4) is 0 Å². The minimum atomic E-state index is -0.745. The first-order valence-corrected chi connectivity index (χ1v) is 2.60. The Morgan fingerprint density at radius 2 is 1.86 bits per heavy atom. The van der Waals surface area contributed by atoms with E-state index in [0.717, 1.165) is 18.9 Å². The van der Waals surface area contributed by atoms with Crippen LogP contribution < -0.4 is 0 Å². The molecule has 0 aromatic rings. The van der Waals surface area contributed by atoms with E-state index in [9.17, 15) is 4.79 Å². The van der Waals surface area contributed by atoms with E-state index in [0.29, 0.717) is 0 Å². The van der Waals surface area contributed by atoms with Crippen molar-refractivity contribution in [2.45, 2.75) is 13.3 Å². The Balaban J connectivity index is 0. The van der Waals surface area contributed by atoms with Crippen molar-refractivity contribution < 1.29 is 32.3 Å². The first kappa shape index (κ1) is 10.0. The van der Waals surface area contributed by atoms with Gasteiger partial charge in [0.1, 0.15) is 0 Å². The number of hydrogen-bond acceptors (Lipinski definition) is 2. The molecule has 0 atom stereocenters. The third kappa shape index (κ3) is 24.7. The number of hydrogen-bond donors (Lipinski definition) is 1. The molecule has 0 heterocycles. The molecule has 0 aliphatic heterocycles. The van der Waals surface area contributed by atoms with Gasteiger partial charge in [0.25, 0.3) is 0 Å². The van der Waals surface area contributed by atoms with Crippen molar-refractivity contribution >= 4 is 5.97 Å². The number of aliphatic carboxylic acids is 1. The average Bonchev–Trinajstić information content (AvgIpc) is 1.73. The number of rotatable bonds is 1. The molecule has 0 unspecified atom stereocenters. The summed E-state index contributed by atoms with van der Waals surface area (Å²) in [6.45, 7) is 1.60. The first-order valence-electron chi connectivity index (χ1n) is 1.62. The fourth-order valence-electron chi connectivity index (χ4n) is 0. The number of carboxylic acid groups (broad SMARTS) is 1. The Kier molecular flexibility index (Phi) is 13.3. The van der Waals surface area contributed by atoms with Gasteiger partial charge in [-0.05, 0) is 0 Å². The predicted molar refractivity (Wildman–Crippen MR) is 18.6 cm³/mol. The van der Waals surface area contributed by atoms with Crippen LogP contribution in [0.2, 0.25) is 0 Å². The Hall–Kier alpha value is -0.0806. The van der Waals surface area contributed by atoms with Crippen LogP contribution >= 0.6 is 0 Å². The molecule has 0 fully saturated rings. The van der Waals surface area contributed by atoms with Gasteiger partial charge in [0.2, 0.25) is 0 Å². The van der Waals surface area contributed by atoms with Crippen LogP contribution in [-0.2, 0) is 27.2 Å². The zero-order valence-corrected chi connectivity index (χ0v) is 6.20. The SMILES string of the molecule is CCC(=O)O.[O]=[Ir]. The van der Waals surface area contributed by atoms with E-state index >= 15 is 0 Å². The van der Waals surface area contributed by atoms with Crippen LogP contribution in [0.4, 0.5) is 0 Å². The quantitative estimate of drug-likeness (QED) is 0.755. The third-order valence-electron chi connectivity index (χ3n) is 0.302. The first-order chi connectivity index (χ1) is 3.27. The molecule has 0 bridgehead atoms. The average molecular weight is 282 g/mol. The van der Waals surface area contributed by atoms with E-state index in [1.54, 1.807) is 6.92 Å². The van der Waals surface area contributed by atoms with Crippen LogP contribution in [0.5, 0.6) is 0 Å². The second kappa shape index (κ2) is 9.33. The zero-order chi connectivity index (χ0) is 6.28. The molecule has 45 valence electrons. The number of carbonyl (C=O) groups is 1. The predicted octanol–water partition coefficient (Wildman–Crippen LogP) is 0.360. The summed E-state index contributed by atoms with van der Waals surface area (Å²) in [7, 11) is 0. The van der Waals surface area contributed by atoms with Gasteiger partial charge in [0, 0.05) is 6.42 Å². The van der Waals surface area contributed by atoms with Crippen molar-refractivity contribution in [3.05, 3.63) is 0 Å². The molecule has 0 spiro atoms. The molecule has 0 aromatic heterocycles. The normalized spacial score (nSPS) is 6.00. The van der Waals surface area contributed by atoms with E-state index in [2.05, 4.69) is 0 Å². The monoisotopic (exact) mass is 283 g/mol. The summed E-state index contributed by atoms with van der Waals surface area (Å²) in [5.74, 6) is -0.745. The summed E-state index contributed by atoms with van der Waals surface area (Å²) in [6, 6.07) is 0. The van der Waals surface area contributed by atoms with Gasteiger partial charge < -0.3 is 5.11 Å². The fraction of sp³-hybridized carbons (Fsp3) is 0.667. The van der Waals surface area contributed by atoms with Crippen LogP contribution in [0.25, 0.3) is 0 Å². The molecule has 7 heavy (non-hydrogen) atoms. The van der Waals surface area contributed by atoms with Crippen molar-refractivity contribution in [1.29, 1.82) is 0 Å². The van der Waals surface area contributed by atoms with Crippen LogP contribution in [0.1, 0.15) is 13.3 Å². The molecule has 0 aromatic carbocycles. The Morgan fingerprint density at radius 3 is 1.86 bits per heavy atom. The Bertz CT molecular complexity index is 54.1. The summed E-state index contributed by atoms with van der Waals surface area (Å²) in [6.07, 6.45) is 0.222. The Labute approximate surface area is 52.2 Å². The van der Waals surface area contributed by atoms with Gasteiger partial charge >= 0.3 is 28.3 Å². The zero-order valence-electron chi connectivity index (χ0n) is 3.80. The standard InChI is InChI=1S/C3H6O2.Ir.O/c1-2-3(4)5;;/h2H2,1H3,(H,4,5);;. The molecule has 0 radical (unpaired) electrons. The van der Waals surface area contributed by atoms with Crippen LogP contribution in [0.3, 0.4) is 0 Å². The molecule has 0 aliphatic rings. The molecule has 0 aliphatic carbocycles. The molecule has 0 rings (SSSR count). The van der Waals surface area contributed by atoms with Crippen molar-refractivity contribution in [2.75, 3.05) is 0 Å².